The number of methoxy groups -OCH3 is 2. The first kappa shape index (κ1) is 24.6. The molecule has 180 valence electrons. The molecule has 1 amide bonds. The predicted octanol–water partition coefficient (Wildman–Crippen LogP) is 3.73. The van der Waals surface area contributed by atoms with E-state index in [1.807, 2.05) is 50.2 Å². The first-order chi connectivity index (χ1) is 15.9. The summed E-state index contributed by atoms with van der Waals surface area (Å²) in [5.74, 6) is 4.11. The van der Waals surface area contributed by atoms with Crippen LogP contribution in [-0.4, -0.2) is 56.3 Å². The number of carbonyl (C=O) groups excluding carboxylic acids is 1. The average Bonchev–Trinajstić information content (AvgIpc) is 2.79. The van der Waals surface area contributed by atoms with Crippen molar-refractivity contribution in [3.05, 3.63) is 35.7 Å². The van der Waals surface area contributed by atoms with Crippen LogP contribution in [0.3, 0.4) is 0 Å². The van der Waals surface area contributed by atoms with E-state index in [1.54, 1.807) is 14.2 Å². The quantitative estimate of drug-likeness (QED) is 0.564. The number of carbonyl (C=O) groups is 1. The maximum absolute atomic E-state index is 12.4. The lowest BCUT2D eigenvalue weighted by Crippen LogP contribution is -2.40. The fourth-order valence-corrected chi connectivity index (χ4v) is 4.24. The van der Waals surface area contributed by atoms with Crippen LogP contribution in [0.4, 0.5) is 11.6 Å². The first-order valence-corrected chi connectivity index (χ1v) is 11.7. The zero-order valence-corrected chi connectivity index (χ0v) is 20.5. The second-order valence-electron chi connectivity index (χ2n) is 8.86. The van der Waals surface area contributed by atoms with E-state index in [9.17, 15) is 4.79 Å². The smallest absolute Gasteiger partial charge is 0.220 e. The molecule has 1 saturated carbocycles. The third-order valence-corrected chi connectivity index (χ3v) is 6.04. The lowest BCUT2D eigenvalue weighted by atomic mass is 9.91. The average molecular weight is 456 g/mol. The van der Waals surface area contributed by atoms with Gasteiger partial charge in [0.1, 0.15) is 17.5 Å². The van der Waals surface area contributed by atoms with Crippen LogP contribution < -0.4 is 25.0 Å². The molecule has 3 rings (SSSR count). The van der Waals surface area contributed by atoms with Crippen molar-refractivity contribution in [2.24, 2.45) is 0 Å². The molecule has 1 heterocycles. The summed E-state index contributed by atoms with van der Waals surface area (Å²) < 4.78 is 10.6. The van der Waals surface area contributed by atoms with Crippen molar-refractivity contribution < 1.29 is 14.3 Å². The topological polar surface area (TPSA) is 88.6 Å². The Bertz CT molecular complexity index is 926. The summed E-state index contributed by atoms with van der Waals surface area (Å²) in [6, 6.07) is 8.51. The third-order valence-electron chi connectivity index (χ3n) is 6.04. The van der Waals surface area contributed by atoms with Gasteiger partial charge in [0, 0.05) is 38.7 Å². The molecule has 0 bridgehead atoms. The number of nitrogens with one attached hydrogen (secondary N) is 2. The van der Waals surface area contributed by atoms with Crippen LogP contribution in [0.15, 0.2) is 24.3 Å². The number of benzene rings is 1. The fraction of sp³-hybridized carbons (Fsp3) is 0.560. The van der Waals surface area contributed by atoms with Crippen LogP contribution in [0.25, 0.3) is 0 Å². The van der Waals surface area contributed by atoms with Gasteiger partial charge in [0.25, 0.3) is 0 Å². The SMILES string of the molecule is COc1ccc(CCCC(=O)NC2CCC(Nc3cc(N(C)C)nc(C)n3)CC2)cc1OC. The van der Waals surface area contributed by atoms with Gasteiger partial charge < -0.3 is 25.0 Å². The second-order valence-corrected chi connectivity index (χ2v) is 8.86. The molecule has 0 atom stereocenters. The second kappa shape index (κ2) is 11.7. The fourth-order valence-electron chi connectivity index (χ4n) is 4.24. The Labute approximate surface area is 197 Å². The van der Waals surface area contributed by atoms with Gasteiger partial charge in [-0.1, -0.05) is 6.07 Å². The molecule has 8 heteroatoms. The summed E-state index contributed by atoms with van der Waals surface area (Å²) in [6.45, 7) is 1.91. The van der Waals surface area contributed by atoms with E-state index in [2.05, 4.69) is 20.6 Å². The third kappa shape index (κ3) is 7.23. The van der Waals surface area contributed by atoms with Crippen molar-refractivity contribution in [1.29, 1.82) is 0 Å². The highest BCUT2D eigenvalue weighted by atomic mass is 16.5. The minimum atomic E-state index is 0.133. The Morgan fingerprint density at radius 1 is 1.03 bits per heavy atom. The van der Waals surface area contributed by atoms with E-state index in [1.165, 1.54) is 0 Å². The molecule has 33 heavy (non-hydrogen) atoms. The maximum Gasteiger partial charge on any atom is 0.220 e. The zero-order valence-electron chi connectivity index (χ0n) is 20.5. The Balaban J connectivity index is 1.39. The number of anilines is 2. The zero-order chi connectivity index (χ0) is 23.8. The van der Waals surface area contributed by atoms with E-state index in [-0.39, 0.29) is 11.9 Å². The Morgan fingerprint density at radius 3 is 2.39 bits per heavy atom. The standard InChI is InChI=1S/C25H37N5O3/c1-17-26-23(16-24(27-17)30(2)3)28-19-10-12-20(13-11-19)29-25(31)8-6-7-18-9-14-21(32-4)22(15-18)33-5/h9,14-16,19-20H,6-8,10-13H2,1-5H3,(H,29,31)(H,26,27,28). The molecule has 1 aromatic heterocycles. The van der Waals surface area contributed by atoms with Gasteiger partial charge >= 0.3 is 0 Å². The normalized spacial score (nSPS) is 17.8. The van der Waals surface area contributed by atoms with Crippen LogP contribution in [-0.2, 0) is 11.2 Å². The number of hydrogen-bond donors (Lipinski definition) is 2. The molecular formula is C25H37N5O3. The van der Waals surface area contributed by atoms with Gasteiger partial charge in [0.15, 0.2) is 11.5 Å². The summed E-state index contributed by atoms with van der Waals surface area (Å²) in [7, 11) is 7.22. The van der Waals surface area contributed by atoms with Crippen LogP contribution in [0.5, 0.6) is 11.5 Å². The summed E-state index contributed by atoms with van der Waals surface area (Å²) in [4.78, 5) is 23.4. The van der Waals surface area contributed by atoms with Crippen LogP contribution >= 0.6 is 0 Å². The maximum atomic E-state index is 12.4. The van der Waals surface area contributed by atoms with E-state index in [0.29, 0.717) is 12.5 Å². The van der Waals surface area contributed by atoms with E-state index >= 15 is 0 Å². The molecule has 1 fully saturated rings. The summed E-state index contributed by atoms with van der Waals surface area (Å²) >= 11 is 0. The number of aromatic nitrogens is 2. The monoisotopic (exact) mass is 455 g/mol. The number of ether oxygens (including phenoxy) is 2. The van der Waals surface area contributed by atoms with Crippen molar-refractivity contribution in [1.82, 2.24) is 15.3 Å². The highest BCUT2D eigenvalue weighted by Gasteiger charge is 2.23. The predicted molar refractivity (Wildman–Crippen MR) is 131 cm³/mol. The molecule has 1 aliphatic rings. The number of amides is 1. The molecule has 0 aliphatic heterocycles. The summed E-state index contributed by atoms with van der Waals surface area (Å²) in [6.07, 6.45) is 6.14. The highest BCUT2D eigenvalue weighted by Crippen LogP contribution is 2.28. The van der Waals surface area contributed by atoms with Gasteiger partial charge in [0.2, 0.25) is 5.91 Å². The molecule has 2 N–H and O–H groups in total. The van der Waals surface area contributed by atoms with Crippen LogP contribution in [0, 0.1) is 6.92 Å². The molecule has 1 aromatic carbocycles. The number of aryl methyl sites for hydroxylation is 2. The van der Waals surface area contributed by atoms with Gasteiger partial charge in [-0.25, -0.2) is 9.97 Å². The highest BCUT2D eigenvalue weighted by molar-refractivity contribution is 5.76. The molecule has 8 nitrogen and oxygen atoms in total. The lowest BCUT2D eigenvalue weighted by Gasteiger charge is -2.30. The number of nitrogens with zero attached hydrogens (tertiary/aromatic N) is 3. The largest absolute Gasteiger partial charge is 0.493 e. The van der Waals surface area contributed by atoms with Gasteiger partial charge in [-0.2, -0.15) is 0 Å². The van der Waals surface area contributed by atoms with Gasteiger partial charge in [-0.3, -0.25) is 4.79 Å². The van der Waals surface area contributed by atoms with Crippen molar-refractivity contribution in [2.75, 3.05) is 38.5 Å². The first-order valence-electron chi connectivity index (χ1n) is 11.7. The Hall–Kier alpha value is -3.03. The van der Waals surface area contributed by atoms with E-state index in [0.717, 1.165) is 73.0 Å². The van der Waals surface area contributed by atoms with Crippen LogP contribution in [0.1, 0.15) is 49.9 Å². The van der Waals surface area contributed by atoms with Crippen molar-refractivity contribution in [2.45, 2.75) is 64.0 Å². The molecular weight excluding hydrogens is 418 g/mol. The van der Waals surface area contributed by atoms with E-state index < -0.39 is 0 Å². The minimum Gasteiger partial charge on any atom is -0.493 e. The molecule has 0 saturated heterocycles. The van der Waals surface area contributed by atoms with Gasteiger partial charge in [-0.05, 0) is 63.1 Å². The Morgan fingerprint density at radius 2 is 1.73 bits per heavy atom. The molecule has 2 aromatic rings. The number of hydrogen-bond acceptors (Lipinski definition) is 7. The van der Waals surface area contributed by atoms with E-state index in [4.69, 9.17) is 9.47 Å². The Kier molecular flexibility index (Phi) is 8.74. The lowest BCUT2D eigenvalue weighted by molar-refractivity contribution is -0.122. The summed E-state index contributed by atoms with van der Waals surface area (Å²) in [5, 5.41) is 6.77. The van der Waals surface area contributed by atoms with Crippen molar-refractivity contribution in [3.63, 3.8) is 0 Å². The molecule has 0 unspecified atom stereocenters. The minimum absolute atomic E-state index is 0.133. The van der Waals surface area contributed by atoms with Crippen molar-refractivity contribution >= 4 is 17.5 Å². The number of rotatable bonds is 10. The van der Waals surface area contributed by atoms with Gasteiger partial charge in [0.05, 0.1) is 14.2 Å². The van der Waals surface area contributed by atoms with Crippen molar-refractivity contribution in [3.8, 4) is 11.5 Å². The molecule has 1 aliphatic carbocycles. The molecule has 0 radical (unpaired) electrons. The van der Waals surface area contributed by atoms with Gasteiger partial charge in [-0.15, -0.1) is 0 Å². The van der Waals surface area contributed by atoms with Crippen LogP contribution in [0.2, 0.25) is 0 Å². The molecule has 0 spiro atoms. The summed E-state index contributed by atoms with van der Waals surface area (Å²) in [5.41, 5.74) is 1.14.